The monoisotopic (exact) mass is 344 g/mol. The van der Waals surface area contributed by atoms with Gasteiger partial charge in [-0.05, 0) is 47.2 Å². The van der Waals surface area contributed by atoms with Gasteiger partial charge in [0.2, 0.25) is 0 Å². The van der Waals surface area contributed by atoms with Gasteiger partial charge < -0.3 is 5.32 Å². The lowest BCUT2D eigenvalue weighted by atomic mass is 10.0. The minimum Gasteiger partial charge on any atom is -0.377 e. The Morgan fingerprint density at radius 1 is 1.35 bits per heavy atom. The quantitative estimate of drug-likeness (QED) is 0.483. The molecule has 1 saturated carbocycles. The van der Waals surface area contributed by atoms with Crippen LogP contribution < -0.4 is 5.32 Å². The van der Waals surface area contributed by atoms with Gasteiger partial charge in [0.15, 0.2) is 0 Å². The number of hydrogen-bond acceptors (Lipinski definition) is 3. The molecule has 0 spiro atoms. The number of benzene rings is 1. The van der Waals surface area contributed by atoms with E-state index in [2.05, 4.69) is 28.2 Å². The lowest BCUT2D eigenvalue weighted by molar-refractivity contribution is -0.384. The molecule has 2 unspecified atom stereocenters. The van der Waals surface area contributed by atoms with Gasteiger partial charge in [-0.2, -0.15) is 0 Å². The van der Waals surface area contributed by atoms with Crippen LogP contribution in [0.5, 0.6) is 0 Å². The molecule has 1 aliphatic rings. The third-order valence-corrected chi connectivity index (χ3v) is 4.46. The van der Waals surface area contributed by atoms with Gasteiger partial charge in [-0.3, -0.25) is 10.1 Å². The van der Waals surface area contributed by atoms with E-state index in [1.807, 2.05) is 0 Å². The highest BCUT2D eigenvalue weighted by molar-refractivity contribution is 9.10. The highest BCUT2D eigenvalue weighted by Crippen LogP contribution is 2.33. The van der Waals surface area contributed by atoms with Gasteiger partial charge in [-0.1, -0.05) is 19.8 Å². The number of nitrogens with one attached hydrogen (secondary N) is 1. The van der Waals surface area contributed by atoms with Crippen molar-refractivity contribution in [3.05, 3.63) is 32.5 Å². The Balaban J connectivity index is 2.19. The van der Waals surface area contributed by atoms with Crippen molar-refractivity contribution in [1.82, 2.24) is 0 Å². The molecule has 1 aliphatic carbocycles. The maximum atomic E-state index is 13.4. The first-order chi connectivity index (χ1) is 9.47. The van der Waals surface area contributed by atoms with Crippen LogP contribution in [0.25, 0.3) is 0 Å². The lowest BCUT2D eigenvalue weighted by Gasteiger charge is -2.18. The maximum Gasteiger partial charge on any atom is 0.295 e. The Kier molecular flexibility index (Phi) is 4.96. The Bertz CT molecular complexity index is 510. The zero-order valence-corrected chi connectivity index (χ0v) is 13.0. The van der Waals surface area contributed by atoms with Crippen LogP contribution in [-0.4, -0.2) is 11.0 Å². The number of nitro groups is 1. The Morgan fingerprint density at radius 2 is 2.10 bits per heavy atom. The first-order valence-electron chi connectivity index (χ1n) is 6.87. The zero-order valence-electron chi connectivity index (χ0n) is 11.4. The van der Waals surface area contributed by atoms with Crippen molar-refractivity contribution >= 4 is 27.3 Å². The van der Waals surface area contributed by atoms with Crippen molar-refractivity contribution in [2.24, 2.45) is 5.92 Å². The van der Waals surface area contributed by atoms with Crippen molar-refractivity contribution in [2.75, 3.05) is 5.32 Å². The number of nitro benzene ring substituents is 1. The lowest BCUT2D eigenvalue weighted by Crippen LogP contribution is -2.19. The van der Waals surface area contributed by atoms with E-state index in [0.717, 1.165) is 31.7 Å². The maximum absolute atomic E-state index is 13.4. The first kappa shape index (κ1) is 15.2. The van der Waals surface area contributed by atoms with E-state index in [9.17, 15) is 14.5 Å². The zero-order chi connectivity index (χ0) is 14.7. The number of nitrogens with zero attached hydrogens (tertiary/aromatic N) is 1. The summed E-state index contributed by atoms with van der Waals surface area (Å²) in [5.74, 6) is 0.0912. The topological polar surface area (TPSA) is 55.2 Å². The minimum atomic E-state index is -0.614. The summed E-state index contributed by atoms with van der Waals surface area (Å²) in [6.45, 7) is 2.24. The molecule has 4 nitrogen and oxygen atoms in total. The molecule has 1 aromatic carbocycles. The summed E-state index contributed by atoms with van der Waals surface area (Å²) in [7, 11) is 0. The van der Waals surface area contributed by atoms with E-state index < -0.39 is 10.7 Å². The fourth-order valence-corrected chi connectivity index (χ4v) is 3.00. The molecular formula is C14H18BrFN2O2. The molecule has 2 atom stereocenters. The second-order valence-electron chi connectivity index (χ2n) is 5.50. The van der Waals surface area contributed by atoms with E-state index in [1.165, 1.54) is 12.5 Å². The van der Waals surface area contributed by atoms with Crippen LogP contribution in [0, 0.1) is 21.8 Å². The molecule has 0 aromatic heterocycles. The Hall–Kier alpha value is -1.17. The van der Waals surface area contributed by atoms with Gasteiger partial charge in [0.05, 0.1) is 15.5 Å². The van der Waals surface area contributed by atoms with Crippen LogP contribution in [0.1, 0.15) is 39.0 Å². The predicted molar refractivity (Wildman–Crippen MR) is 80.4 cm³/mol. The largest absolute Gasteiger partial charge is 0.377 e. The van der Waals surface area contributed by atoms with Crippen LogP contribution in [-0.2, 0) is 0 Å². The molecule has 0 radical (unpaired) electrons. The second-order valence-corrected chi connectivity index (χ2v) is 6.35. The second kappa shape index (κ2) is 6.52. The summed E-state index contributed by atoms with van der Waals surface area (Å²) in [4.78, 5) is 10.5. The van der Waals surface area contributed by atoms with Crippen LogP contribution in [0.4, 0.5) is 15.8 Å². The summed E-state index contributed by atoms with van der Waals surface area (Å²) < 4.78 is 13.7. The molecule has 1 aromatic rings. The fourth-order valence-electron chi connectivity index (χ4n) is 2.65. The standard InChI is InChI=1S/C14H18BrFN2O2/c1-9-3-2-4-10(6-5-9)17-13-7-11(15)12(16)8-14(13)18(19)20/h7-10,17H,2-6H2,1H3. The third-order valence-electron chi connectivity index (χ3n) is 3.85. The third kappa shape index (κ3) is 3.69. The van der Waals surface area contributed by atoms with E-state index >= 15 is 0 Å². The van der Waals surface area contributed by atoms with Gasteiger partial charge in [0, 0.05) is 6.04 Å². The summed E-state index contributed by atoms with van der Waals surface area (Å²) >= 11 is 3.08. The summed E-state index contributed by atoms with van der Waals surface area (Å²) in [5.41, 5.74) is 0.186. The van der Waals surface area contributed by atoms with Crippen molar-refractivity contribution in [2.45, 2.75) is 45.1 Å². The van der Waals surface area contributed by atoms with E-state index in [-0.39, 0.29) is 16.2 Å². The molecule has 1 fully saturated rings. The van der Waals surface area contributed by atoms with Gasteiger partial charge in [-0.15, -0.1) is 0 Å². The smallest absolute Gasteiger partial charge is 0.295 e. The highest BCUT2D eigenvalue weighted by Gasteiger charge is 2.22. The summed E-state index contributed by atoms with van der Waals surface area (Å²) in [5, 5.41) is 14.3. The van der Waals surface area contributed by atoms with Crippen LogP contribution in [0.3, 0.4) is 0 Å². The van der Waals surface area contributed by atoms with Gasteiger partial charge in [0.25, 0.3) is 5.69 Å². The molecular weight excluding hydrogens is 327 g/mol. The summed E-state index contributed by atoms with van der Waals surface area (Å²) in [6.07, 6.45) is 5.43. The average molecular weight is 345 g/mol. The first-order valence-corrected chi connectivity index (χ1v) is 7.66. The molecule has 0 amide bonds. The van der Waals surface area contributed by atoms with E-state index in [0.29, 0.717) is 11.6 Å². The number of anilines is 1. The number of rotatable bonds is 3. The van der Waals surface area contributed by atoms with Crippen molar-refractivity contribution < 1.29 is 9.31 Å². The van der Waals surface area contributed by atoms with Gasteiger partial charge in [0.1, 0.15) is 11.5 Å². The highest BCUT2D eigenvalue weighted by atomic mass is 79.9. The Labute approximate surface area is 126 Å². The van der Waals surface area contributed by atoms with Crippen molar-refractivity contribution in [1.29, 1.82) is 0 Å². The SMILES string of the molecule is CC1CCCC(Nc2cc(Br)c(F)cc2[N+](=O)[O-])CC1. The predicted octanol–water partition coefficient (Wildman–Crippen LogP) is 4.88. The van der Waals surface area contributed by atoms with E-state index in [4.69, 9.17) is 0 Å². The van der Waals surface area contributed by atoms with Crippen molar-refractivity contribution in [3.63, 3.8) is 0 Å². The average Bonchev–Trinajstić information content (AvgIpc) is 2.58. The molecule has 20 heavy (non-hydrogen) atoms. The minimum absolute atomic E-state index is 0.206. The fraction of sp³-hybridized carbons (Fsp3) is 0.571. The van der Waals surface area contributed by atoms with E-state index in [1.54, 1.807) is 0 Å². The molecule has 1 N–H and O–H groups in total. The summed E-state index contributed by atoms with van der Waals surface area (Å²) in [6, 6.07) is 2.64. The molecule has 0 bridgehead atoms. The Morgan fingerprint density at radius 3 is 2.80 bits per heavy atom. The molecule has 0 saturated heterocycles. The van der Waals surface area contributed by atoms with Gasteiger partial charge >= 0.3 is 0 Å². The number of hydrogen-bond donors (Lipinski definition) is 1. The molecule has 110 valence electrons. The van der Waals surface area contributed by atoms with Crippen LogP contribution in [0.2, 0.25) is 0 Å². The van der Waals surface area contributed by atoms with Crippen molar-refractivity contribution in [3.8, 4) is 0 Å². The molecule has 6 heteroatoms. The van der Waals surface area contributed by atoms with Crippen LogP contribution in [0.15, 0.2) is 16.6 Å². The van der Waals surface area contributed by atoms with Gasteiger partial charge in [-0.25, -0.2) is 4.39 Å². The molecule has 0 heterocycles. The molecule has 0 aliphatic heterocycles. The van der Waals surface area contributed by atoms with Crippen LogP contribution >= 0.6 is 15.9 Å². The number of halogens is 2. The molecule has 2 rings (SSSR count). The normalized spacial score (nSPS) is 23.1.